The van der Waals surface area contributed by atoms with E-state index in [1.54, 1.807) is 31.2 Å². The van der Waals surface area contributed by atoms with E-state index in [0.717, 1.165) is 0 Å². The van der Waals surface area contributed by atoms with Crippen molar-refractivity contribution >= 4 is 21.5 Å². The van der Waals surface area contributed by atoms with Crippen molar-refractivity contribution in [3.05, 3.63) is 54.1 Å². The van der Waals surface area contributed by atoms with Crippen LogP contribution in [0.4, 0.5) is 5.69 Å². The summed E-state index contributed by atoms with van der Waals surface area (Å²) >= 11 is 0. The SMILES string of the molecule is CCC(=O)c1ccc(S(=O)(=O)Nc2ccccc2OC)cc1. The largest absolute Gasteiger partial charge is 0.495 e. The van der Waals surface area contributed by atoms with Gasteiger partial charge in [-0.2, -0.15) is 0 Å². The molecule has 0 aliphatic carbocycles. The number of benzene rings is 2. The molecule has 0 bridgehead atoms. The van der Waals surface area contributed by atoms with Crippen molar-refractivity contribution in [2.24, 2.45) is 0 Å². The summed E-state index contributed by atoms with van der Waals surface area (Å²) in [4.78, 5) is 11.7. The highest BCUT2D eigenvalue weighted by atomic mass is 32.2. The second kappa shape index (κ2) is 6.62. The fourth-order valence-electron chi connectivity index (χ4n) is 1.96. The number of Topliss-reactive ketones (excluding diaryl/α,β-unsaturated/α-hetero) is 1. The van der Waals surface area contributed by atoms with E-state index in [1.165, 1.54) is 31.4 Å². The molecule has 0 aromatic heterocycles. The highest BCUT2D eigenvalue weighted by molar-refractivity contribution is 7.92. The van der Waals surface area contributed by atoms with Gasteiger partial charge in [0, 0.05) is 12.0 Å². The minimum atomic E-state index is -3.74. The molecule has 2 aromatic carbocycles. The maximum absolute atomic E-state index is 12.4. The van der Waals surface area contributed by atoms with Crippen LogP contribution in [0.3, 0.4) is 0 Å². The van der Waals surface area contributed by atoms with Crippen molar-refractivity contribution in [2.75, 3.05) is 11.8 Å². The van der Waals surface area contributed by atoms with Gasteiger partial charge in [0.25, 0.3) is 10.0 Å². The molecule has 0 amide bonds. The van der Waals surface area contributed by atoms with Crippen molar-refractivity contribution in [3.8, 4) is 5.75 Å². The average Bonchev–Trinajstić information content (AvgIpc) is 2.54. The number of nitrogens with one attached hydrogen (secondary N) is 1. The number of ether oxygens (including phenoxy) is 1. The number of sulfonamides is 1. The fraction of sp³-hybridized carbons (Fsp3) is 0.188. The van der Waals surface area contributed by atoms with E-state index >= 15 is 0 Å². The molecule has 116 valence electrons. The number of hydrogen-bond donors (Lipinski definition) is 1. The summed E-state index contributed by atoms with van der Waals surface area (Å²) in [6, 6.07) is 12.6. The van der Waals surface area contributed by atoms with Crippen LogP contribution < -0.4 is 9.46 Å². The molecule has 0 heterocycles. The molecule has 0 saturated heterocycles. The lowest BCUT2D eigenvalue weighted by Crippen LogP contribution is -2.13. The normalized spacial score (nSPS) is 11.0. The Bertz CT molecular complexity index is 767. The first kappa shape index (κ1) is 16.0. The van der Waals surface area contributed by atoms with Crippen LogP contribution in [0, 0.1) is 0 Å². The molecule has 2 aromatic rings. The van der Waals surface area contributed by atoms with Gasteiger partial charge >= 0.3 is 0 Å². The van der Waals surface area contributed by atoms with Crippen LogP contribution in [0.1, 0.15) is 23.7 Å². The van der Waals surface area contributed by atoms with Gasteiger partial charge in [-0.3, -0.25) is 9.52 Å². The van der Waals surface area contributed by atoms with E-state index in [-0.39, 0.29) is 10.7 Å². The zero-order chi connectivity index (χ0) is 16.2. The molecule has 0 radical (unpaired) electrons. The summed E-state index contributed by atoms with van der Waals surface area (Å²) in [5.41, 5.74) is 0.859. The third-order valence-electron chi connectivity index (χ3n) is 3.16. The Labute approximate surface area is 130 Å². The predicted molar refractivity (Wildman–Crippen MR) is 84.9 cm³/mol. The van der Waals surface area contributed by atoms with Gasteiger partial charge in [-0.05, 0) is 24.3 Å². The Morgan fingerprint density at radius 2 is 1.73 bits per heavy atom. The Kier molecular flexibility index (Phi) is 4.82. The lowest BCUT2D eigenvalue weighted by Gasteiger charge is -2.11. The number of para-hydroxylation sites is 2. The van der Waals surface area contributed by atoms with E-state index < -0.39 is 10.0 Å². The van der Waals surface area contributed by atoms with E-state index in [0.29, 0.717) is 23.4 Å². The molecule has 0 unspecified atom stereocenters. The summed E-state index contributed by atoms with van der Waals surface area (Å²) in [6.45, 7) is 1.76. The van der Waals surface area contributed by atoms with Crippen LogP contribution in [0.2, 0.25) is 0 Å². The third-order valence-corrected chi connectivity index (χ3v) is 4.54. The number of ketones is 1. The Morgan fingerprint density at radius 1 is 1.09 bits per heavy atom. The van der Waals surface area contributed by atoms with Crippen LogP contribution in [-0.4, -0.2) is 21.3 Å². The number of rotatable bonds is 6. The lowest BCUT2D eigenvalue weighted by molar-refractivity contribution is 0.0988. The van der Waals surface area contributed by atoms with Gasteiger partial charge in [0.05, 0.1) is 17.7 Å². The zero-order valence-corrected chi connectivity index (χ0v) is 13.2. The van der Waals surface area contributed by atoms with Gasteiger partial charge in [-0.25, -0.2) is 8.42 Å². The smallest absolute Gasteiger partial charge is 0.262 e. The molecule has 0 atom stereocenters. The molecule has 1 N–H and O–H groups in total. The van der Waals surface area contributed by atoms with Gasteiger partial charge in [0.15, 0.2) is 5.78 Å². The van der Waals surface area contributed by atoms with Gasteiger partial charge in [0.1, 0.15) is 5.75 Å². The molecule has 22 heavy (non-hydrogen) atoms. The molecule has 0 aliphatic heterocycles. The zero-order valence-electron chi connectivity index (χ0n) is 12.4. The second-order valence-electron chi connectivity index (χ2n) is 4.61. The molecule has 6 heteroatoms. The molecule has 2 rings (SSSR count). The van der Waals surface area contributed by atoms with Gasteiger partial charge in [-0.15, -0.1) is 0 Å². The standard InChI is InChI=1S/C16H17NO4S/c1-3-15(18)12-8-10-13(11-9-12)22(19,20)17-14-6-4-5-7-16(14)21-2/h4-11,17H,3H2,1-2H3. The van der Waals surface area contributed by atoms with Crippen molar-refractivity contribution < 1.29 is 17.9 Å². The number of carbonyl (C=O) groups is 1. The molecular weight excluding hydrogens is 302 g/mol. The maximum Gasteiger partial charge on any atom is 0.262 e. The van der Waals surface area contributed by atoms with Crippen LogP contribution in [0.15, 0.2) is 53.4 Å². The topological polar surface area (TPSA) is 72.5 Å². The van der Waals surface area contributed by atoms with Gasteiger partial charge < -0.3 is 4.74 Å². The minimum Gasteiger partial charge on any atom is -0.495 e. The number of carbonyl (C=O) groups excluding carboxylic acids is 1. The molecule has 5 nitrogen and oxygen atoms in total. The van der Waals surface area contributed by atoms with Crippen molar-refractivity contribution in [2.45, 2.75) is 18.2 Å². The summed E-state index contributed by atoms with van der Waals surface area (Å²) in [7, 11) is -2.27. The first-order valence-corrected chi connectivity index (χ1v) is 8.25. The molecular formula is C16H17NO4S. The van der Waals surface area contributed by atoms with Crippen LogP contribution >= 0.6 is 0 Å². The highest BCUT2D eigenvalue weighted by Gasteiger charge is 2.16. The van der Waals surface area contributed by atoms with Crippen LogP contribution in [0.5, 0.6) is 5.75 Å². The summed E-state index contributed by atoms with van der Waals surface area (Å²) in [6.07, 6.45) is 0.381. The number of anilines is 1. The highest BCUT2D eigenvalue weighted by Crippen LogP contribution is 2.26. The number of methoxy groups -OCH3 is 1. The quantitative estimate of drug-likeness (QED) is 0.830. The monoisotopic (exact) mass is 319 g/mol. The van der Waals surface area contributed by atoms with E-state index in [2.05, 4.69) is 4.72 Å². The van der Waals surface area contributed by atoms with E-state index in [1.807, 2.05) is 0 Å². The average molecular weight is 319 g/mol. The molecule has 0 saturated carbocycles. The van der Waals surface area contributed by atoms with Crippen LogP contribution in [-0.2, 0) is 10.0 Å². The molecule has 0 spiro atoms. The summed E-state index contributed by atoms with van der Waals surface area (Å²) < 4.78 is 32.3. The number of hydrogen-bond acceptors (Lipinski definition) is 4. The Morgan fingerprint density at radius 3 is 2.32 bits per heavy atom. The van der Waals surface area contributed by atoms with E-state index in [4.69, 9.17) is 4.74 Å². The summed E-state index contributed by atoms with van der Waals surface area (Å²) in [5, 5.41) is 0. The molecule has 0 fully saturated rings. The Balaban J connectivity index is 2.29. The van der Waals surface area contributed by atoms with Gasteiger partial charge in [0.2, 0.25) is 0 Å². The first-order chi connectivity index (χ1) is 10.5. The van der Waals surface area contributed by atoms with Crippen molar-refractivity contribution in [1.82, 2.24) is 0 Å². The lowest BCUT2D eigenvalue weighted by atomic mass is 10.1. The first-order valence-electron chi connectivity index (χ1n) is 6.77. The van der Waals surface area contributed by atoms with E-state index in [9.17, 15) is 13.2 Å². The van der Waals surface area contributed by atoms with Gasteiger partial charge in [-0.1, -0.05) is 31.2 Å². The second-order valence-corrected chi connectivity index (χ2v) is 6.29. The van der Waals surface area contributed by atoms with Crippen molar-refractivity contribution in [1.29, 1.82) is 0 Å². The Hall–Kier alpha value is -2.34. The predicted octanol–water partition coefficient (Wildman–Crippen LogP) is 3.09. The maximum atomic E-state index is 12.4. The summed E-state index contributed by atoms with van der Waals surface area (Å²) in [5.74, 6) is 0.408. The third kappa shape index (κ3) is 3.46. The van der Waals surface area contributed by atoms with Crippen molar-refractivity contribution in [3.63, 3.8) is 0 Å². The minimum absolute atomic E-state index is 0.0263. The fourth-order valence-corrected chi connectivity index (χ4v) is 3.03. The molecule has 0 aliphatic rings. The van der Waals surface area contributed by atoms with Crippen LogP contribution in [0.25, 0.3) is 0 Å².